The van der Waals surface area contributed by atoms with Crippen molar-refractivity contribution in [3.8, 4) is 0 Å². The van der Waals surface area contributed by atoms with E-state index in [-0.39, 0.29) is 12.5 Å². The maximum absolute atomic E-state index is 8.54. The Morgan fingerprint density at radius 1 is 1.45 bits per heavy atom. The summed E-state index contributed by atoms with van der Waals surface area (Å²) in [5.41, 5.74) is 0. The zero-order chi connectivity index (χ0) is 8.27. The van der Waals surface area contributed by atoms with E-state index < -0.39 is 0 Å². The van der Waals surface area contributed by atoms with Crippen LogP contribution in [0.2, 0.25) is 0 Å². The first-order chi connectivity index (χ1) is 5.24. The average molecular weight is 156 g/mol. The molecule has 1 heterocycles. The van der Waals surface area contributed by atoms with Crippen LogP contribution in [-0.4, -0.2) is 21.9 Å². The van der Waals surface area contributed by atoms with Crippen molar-refractivity contribution in [1.82, 2.24) is 10.2 Å². The molecule has 0 bridgehead atoms. The fraction of sp³-hybridized carbons (Fsp3) is 0.714. The van der Waals surface area contributed by atoms with E-state index in [1.165, 1.54) is 0 Å². The highest BCUT2D eigenvalue weighted by Gasteiger charge is 2.07. The zero-order valence-corrected chi connectivity index (χ0v) is 6.74. The molecular weight excluding hydrogens is 144 g/mol. The molecule has 0 fully saturated rings. The number of hydrogen-bond acceptors (Lipinski definition) is 4. The summed E-state index contributed by atoms with van der Waals surface area (Å²) in [5.74, 6) is 1.40. The zero-order valence-electron chi connectivity index (χ0n) is 6.74. The molecule has 1 aromatic heterocycles. The van der Waals surface area contributed by atoms with Crippen LogP contribution in [0.4, 0.5) is 0 Å². The van der Waals surface area contributed by atoms with E-state index in [1.807, 2.05) is 13.8 Å². The predicted molar refractivity (Wildman–Crippen MR) is 39.2 cm³/mol. The lowest BCUT2D eigenvalue weighted by Crippen LogP contribution is -1.89. The van der Waals surface area contributed by atoms with E-state index in [2.05, 4.69) is 10.2 Å². The van der Waals surface area contributed by atoms with Crippen LogP contribution >= 0.6 is 0 Å². The van der Waals surface area contributed by atoms with Crippen LogP contribution in [0.15, 0.2) is 4.42 Å². The first kappa shape index (κ1) is 8.20. The van der Waals surface area contributed by atoms with E-state index in [1.54, 1.807) is 0 Å². The van der Waals surface area contributed by atoms with Crippen molar-refractivity contribution in [1.29, 1.82) is 0 Å². The smallest absolute Gasteiger partial charge is 0.219 e. The minimum absolute atomic E-state index is 0.0553. The molecule has 4 heteroatoms. The summed E-state index contributed by atoms with van der Waals surface area (Å²) < 4.78 is 5.20. The van der Waals surface area contributed by atoms with Crippen LogP contribution in [0.25, 0.3) is 0 Å². The van der Waals surface area contributed by atoms with Gasteiger partial charge in [0, 0.05) is 12.3 Å². The molecule has 0 saturated carbocycles. The van der Waals surface area contributed by atoms with E-state index in [4.69, 9.17) is 9.52 Å². The summed E-state index contributed by atoms with van der Waals surface area (Å²) >= 11 is 0. The van der Waals surface area contributed by atoms with Gasteiger partial charge in [-0.05, 0) is 0 Å². The molecule has 0 radical (unpaired) electrons. The number of aliphatic hydroxyl groups excluding tert-OH is 1. The first-order valence-corrected chi connectivity index (χ1v) is 3.67. The molecule has 4 nitrogen and oxygen atoms in total. The second-order valence-corrected chi connectivity index (χ2v) is 2.66. The lowest BCUT2D eigenvalue weighted by Gasteiger charge is -1.93. The van der Waals surface area contributed by atoms with Gasteiger partial charge < -0.3 is 9.52 Å². The van der Waals surface area contributed by atoms with Crippen LogP contribution in [0, 0.1) is 0 Å². The molecule has 0 aromatic carbocycles. The summed E-state index contributed by atoms with van der Waals surface area (Å²) in [6, 6.07) is 0. The van der Waals surface area contributed by atoms with Gasteiger partial charge in [-0.3, -0.25) is 0 Å². The Hall–Kier alpha value is -0.900. The molecule has 0 amide bonds. The van der Waals surface area contributed by atoms with E-state index >= 15 is 0 Å². The van der Waals surface area contributed by atoms with Crippen LogP contribution in [0.1, 0.15) is 31.5 Å². The Labute approximate surface area is 65.3 Å². The van der Waals surface area contributed by atoms with Crippen LogP contribution in [-0.2, 0) is 6.42 Å². The van der Waals surface area contributed by atoms with Crippen LogP contribution in [0.3, 0.4) is 0 Å². The van der Waals surface area contributed by atoms with Crippen molar-refractivity contribution >= 4 is 0 Å². The predicted octanol–water partition coefficient (Wildman–Crippen LogP) is 0.728. The van der Waals surface area contributed by atoms with Crippen molar-refractivity contribution in [2.75, 3.05) is 6.61 Å². The lowest BCUT2D eigenvalue weighted by molar-refractivity contribution is 0.282. The van der Waals surface area contributed by atoms with Gasteiger partial charge in [-0.1, -0.05) is 13.8 Å². The maximum Gasteiger partial charge on any atom is 0.219 e. The van der Waals surface area contributed by atoms with E-state index in [0.717, 1.165) is 0 Å². The normalized spacial score (nSPS) is 10.9. The van der Waals surface area contributed by atoms with Crippen molar-refractivity contribution in [2.24, 2.45) is 0 Å². The third-order valence-electron chi connectivity index (χ3n) is 1.30. The highest BCUT2D eigenvalue weighted by Crippen LogP contribution is 2.11. The molecule has 1 aromatic rings. The molecule has 0 aliphatic carbocycles. The topological polar surface area (TPSA) is 59.2 Å². The standard InChI is InChI=1S/C7H12N2O2/c1-5(2)7-9-8-6(11-7)3-4-10/h5,10H,3-4H2,1-2H3. The van der Waals surface area contributed by atoms with Gasteiger partial charge >= 0.3 is 0 Å². The Balaban J connectivity index is 2.66. The Morgan fingerprint density at radius 2 is 2.18 bits per heavy atom. The van der Waals surface area contributed by atoms with Crippen molar-refractivity contribution < 1.29 is 9.52 Å². The Bertz CT molecular complexity index is 220. The molecule has 0 saturated heterocycles. The third kappa shape index (κ3) is 2.01. The molecule has 0 aliphatic rings. The summed E-state index contributed by atoms with van der Waals surface area (Å²) in [6.07, 6.45) is 0.444. The Morgan fingerprint density at radius 3 is 2.64 bits per heavy atom. The molecule has 1 rings (SSSR count). The van der Waals surface area contributed by atoms with Gasteiger partial charge in [0.05, 0.1) is 6.61 Å². The van der Waals surface area contributed by atoms with Crippen molar-refractivity contribution in [3.05, 3.63) is 11.8 Å². The molecule has 0 aliphatic heterocycles. The molecule has 0 atom stereocenters. The van der Waals surface area contributed by atoms with Gasteiger partial charge in [0.1, 0.15) is 0 Å². The van der Waals surface area contributed by atoms with E-state index in [9.17, 15) is 0 Å². The quantitative estimate of drug-likeness (QED) is 0.700. The number of rotatable bonds is 3. The summed E-state index contributed by atoms with van der Waals surface area (Å²) in [4.78, 5) is 0. The fourth-order valence-corrected chi connectivity index (χ4v) is 0.697. The van der Waals surface area contributed by atoms with Crippen molar-refractivity contribution in [2.45, 2.75) is 26.2 Å². The van der Waals surface area contributed by atoms with Gasteiger partial charge in [0.15, 0.2) is 0 Å². The van der Waals surface area contributed by atoms with Crippen molar-refractivity contribution in [3.63, 3.8) is 0 Å². The van der Waals surface area contributed by atoms with Gasteiger partial charge in [-0.15, -0.1) is 10.2 Å². The number of aromatic nitrogens is 2. The molecule has 0 unspecified atom stereocenters. The van der Waals surface area contributed by atoms with Gasteiger partial charge in [0.2, 0.25) is 11.8 Å². The van der Waals surface area contributed by atoms with Gasteiger partial charge in [0.25, 0.3) is 0 Å². The van der Waals surface area contributed by atoms with Crippen LogP contribution in [0.5, 0.6) is 0 Å². The lowest BCUT2D eigenvalue weighted by atomic mass is 10.2. The second-order valence-electron chi connectivity index (χ2n) is 2.66. The van der Waals surface area contributed by atoms with E-state index in [0.29, 0.717) is 18.2 Å². The molecular formula is C7H12N2O2. The highest BCUT2D eigenvalue weighted by molar-refractivity contribution is 4.86. The average Bonchev–Trinajstić information content (AvgIpc) is 2.37. The first-order valence-electron chi connectivity index (χ1n) is 3.67. The summed E-state index contributed by atoms with van der Waals surface area (Å²) in [5, 5.41) is 16.1. The monoisotopic (exact) mass is 156 g/mol. The Kier molecular flexibility index (Phi) is 2.59. The number of aliphatic hydroxyl groups is 1. The molecule has 62 valence electrons. The molecule has 11 heavy (non-hydrogen) atoms. The highest BCUT2D eigenvalue weighted by atomic mass is 16.4. The SMILES string of the molecule is CC(C)c1nnc(CCO)o1. The summed E-state index contributed by atoms with van der Waals surface area (Å²) in [7, 11) is 0. The maximum atomic E-state index is 8.54. The van der Waals surface area contributed by atoms with Gasteiger partial charge in [-0.25, -0.2) is 0 Å². The molecule has 1 N–H and O–H groups in total. The third-order valence-corrected chi connectivity index (χ3v) is 1.30. The largest absolute Gasteiger partial charge is 0.425 e. The molecule has 0 spiro atoms. The second kappa shape index (κ2) is 3.48. The van der Waals surface area contributed by atoms with Crippen LogP contribution < -0.4 is 0 Å². The van der Waals surface area contributed by atoms with Gasteiger partial charge in [-0.2, -0.15) is 0 Å². The number of nitrogens with zero attached hydrogens (tertiary/aromatic N) is 2. The fourth-order valence-electron chi connectivity index (χ4n) is 0.697. The number of hydrogen-bond donors (Lipinski definition) is 1. The summed E-state index contributed by atoms with van der Waals surface area (Å²) in [6.45, 7) is 4.02. The minimum atomic E-state index is 0.0553. The minimum Gasteiger partial charge on any atom is -0.425 e.